The van der Waals surface area contributed by atoms with Crippen LogP contribution in [0.2, 0.25) is 0 Å². The molecule has 0 nitrogen and oxygen atoms in total. The topological polar surface area (TPSA) is 0 Å². The molecule has 11 heavy (non-hydrogen) atoms. The summed E-state index contributed by atoms with van der Waals surface area (Å²) < 4.78 is 0. The fourth-order valence-electron chi connectivity index (χ4n) is 1.31. The smallest absolute Gasteiger partial charge is 0.0209 e. The van der Waals surface area contributed by atoms with Crippen LogP contribution in [-0.2, 0) is 0 Å². The molecule has 2 unspecified atom stereocenters. The third-order valence-corrected chi connectivity index (χ3v) is 2.74. The highest BCUT2D eigenvalue weighted by Gasteiger charge is 2.10. The SMILES string of the molecule is CCC=C(C)C(C)C(C)CC. The molecule has 0 aliphatic rings. The third-order valence-electron chi connectivity index (χ3n) is 2.74. The quantitative estimate of drug-likeness (QED) is 0.536. The van der Waals surface area contributed by atoms with Crippen molar-refractivity contribution < 1.29 is 0 Å². The molecule has 0 aromatic heterocycles. The number of rotatable bonds is 4. The van der Waals surface area contributed by atoms with Gasteiger partial charge in [-0.05, 0) is 25.2 Å². The van der Waals surface area contributed by atoms with Crippen LogP contribution in [-0.4, -0.2) is 0 Å². The fraction of sp³-hybridized carbons (Fsp3) is 0.818. The molecule has 0 aromatic rings. The minimum Gasteiger partial charge on any atom is -0.0856 e. The van der Waals surface area contributed by atoms with E-state index in [-0.39, 0.29) is 0 Å². The zero-order chi connectivity index (χ0) is 8.85. The molecule has 2 atom stereocenters. The Balaban J connectivity index is 4.00. The predicted octanol–water partition coefficient (Wildman–Crippen LogP) is 4.02. The van der Waals surface area contributed by atoms with Crippen LogP contribution >= 0.6 is 0 Å². The van der Waals surface area contributed by atoms with Crippen LogP contribution in [0, 0.1) is 11.8 Å². The zero-order valence-electron chi connectivity index (χ0n) is 8.65. The van der Waals surface area contributed by atoms with Crippen molar-refractivity contribution in [2.45, 2.75) is 47.5 Å². The maximum Gasteiger partial charge on any atom is -0.0209 e. The minimum atomic E-state index is 0.764. The van der Waals surface area contributed by atoms with E-state index in [1.54, 1.807) is 5.57 Å². The van der Waals surface area contributed by atoms with Gasteiger partial charge in [-0.15, -0.1) is 0 Å². The van der Waals surface area contributed by atoms with E-state index in [0.717, 1.165) is 11.8 Å². The summed E-state index contributed by atoms with van der Waals surface area (Å²) in [6, 6.07) is 0. The van der Waals surface area contributed by atoms with E-state index >= 15 is 0 Å². The van der Waals surface area contributed by atoms with Crippen LogP contribution < -0.4 is 0 Å². The highest BCUT2D eigenvalue weighted by atomic mass is 14.2. The highest BCUT2D eigenvalue weighted by molar-refractivity contribution is 5.02. The van der Waals surface area contributed by atoms with Gasteiger partial charge in [0.05, 0.1) is 0 Å². The van der Waals surface area contributed by atoms with Gasteiger partial charge < -0.3 is 0 Å². The van der Waals surface area contributed by atoms with Crippen LogP contribution in [0.15, 0.2) is 11.6 Å². The second kappa shape index (κ2) is 5.40. The van der Waals surface area contributed by atoms with Crippen molar-refractivity contribution in [3.63, 3.8) is 0 Å². The lowest BCUT2D eigenvalue weighted by Gasteiger charge is -2.18. The summed E-state index contributed by atoms with van der Waals surface area (Å²) in [6.45, 7) is 11.4. The van der Waals surface area contributed by atoms with Crippen molar-refractivity contribution in [2.75, 3.05) is 0 Å². The highest BCUT2D eigenvalue weighted by Crippen LogP contribution is 2.22. The molecule has 0 spiro atoms. The van der Waals surface area contributed by atoms with Crippen molar-refractivity contribution >= 4 is 0 Å². The molecule has 0 saturated heterocycles. The first-order chi connectivity index (χ1) is 5.13. The molecule has 0 aromatic carbocycles. The summed E-state index contributed by atoms with van der Waals surface area (Å²) in [5, 5.41) is 0. The Bertz CT molecular complexity index is 122. The van der Waals surface area contributed by atoms with E-state index < -0.39 is 0 Å². The molecule has 0 radical (unpaired) electrons. The van der Waals surface area contributed by atoms with Gasteiger partial charge in [0.15, 0.2) is 0 Å². The first-order valence-electron chi connectivity index (χ1n) is 4.80. The van der Waals surface area contributed by atoms with Gasteiger partial charge in [-0.3, -0.25) is 0 Å². The summed E-state index contributed by atoms with van der Waals surface area (Å²) in [6.07, 6.45) is 4.81. The number of hydrogen-bond donors (Lipinski definition) is 0. The van der Waals surface area contributed by atoms with Crippen LogP contribution in [0.1, 0.15) is 47.5 Å². The number of hydrogen-bond acceptors (Lipinski definition) is 0. The molecule has 0 aliphatic carbocycles. The molecule has 0 N–H and O–H groups in total. The molecule has 0 bridgehead atoms. The summed E-state index contributed by atoms with van der Waals surface area (Å²) in [7, 11) is 0. The minimum absolute atomic E-state index is 0.764. The molecule has 0 fully saturated rings. The summed E-state index contributed by atoms with van der Waals surface area (Å²) in [5.74, 6) is 1.60. The van der Waals surface area contributed by atoms with Crippen molar-refractivity contribution in [1.82, 2.24) is 0 Å². The van der Waals surface area contributed by atoms with Crippen LogP contribution in [0.25, 0.3) is 0 Å². The average Bonchev–Trinajstić information content (AvgIpc) is 2.02. The van der Waals surface area contributed by atoms with Gasteiger partial charge >= 0.3 is 0 Å². The van der Waals surface area contributed by atoms with Crippen molar-refractivity contribution in [3.8, 4) is 0 Å². The van der Waals surface area contributed by atoms with E-state index in [4.69, 9.17) is 0 Å². The molecule has 0 heteroatoms. The van der Waals surface area contributed by atoms with Crippen LogP contribution in [0.3, 0.4) is 0 Å². The normalized spacial score (nSPS) is 18.1. The summed E-state index contributed by atoms with van der Waals surface area (Å²) in [5.41, 5.74) is 1.56. The average molecular weight is 154 g/mol. The van der Waals surface area contributed by atoms with Crippen LogP contribution in [0.4, 0.5) is 0 Å². The van der Waals surface area contributed by atoms with E-state index in [0.29, 0.717) is 0 Å². The molecular weight excluding hydrogens is 132 g/mol. The van der Waals surface area contributed by atoms with Gasteiger partial charge in [0.1, 0.15) is 0 Å². The largest absolute Gasteiger partial charge is 0.0856 e. The van der Waals surface area contributed by atoms with Gasteiger partial charge in [-0.1, -0.05) is 45.8 Å². The number of allylic oxidation sites excluding steroid dienone is 2. The van der Waals surface area contributed by atoms with Gasteiger partial charge in [-0.25, -0.2) is 0 Å². The third kappa shape index (κ3) is 3.60. The molecule has 0 aliphatic heterocycles. The van der Waals surface area contributed by atoms with Gasteiger partial charge in [-0.2, -0.15) is 0 Å². The van der Waals surface area contributed by atoms with Gasteiger partial charge in [0.25, 0.3) is 0 Å². The van der Waals surface area contributed by atoms with E-state index in [2.05, 4.69) is 40.7 Å². The summed E-state index contributed by atoms with van der Waals surface area (Å²) >= 11 is 0. The Labute approximate surface area is 71.7 Å². The maximum atomic E-state index is 2.34. The van der Waals surface area contributed by atoms with Crippen LogP contribution in [0.5, 0.6) is 0 Å². The van der Waals surface area contributed by atoms with Gasteiger partial charge in [0.2, 0.25) is 0 Å². The van der Waals surface area contributed by atoms with E-state index in [9.17, 15) is 0 Å². The molecular formula is C11H22. The second-order valence-corrected chi connectivity index (χ2v) is 3.53. The van der Waals surface area contributed by atoms with Crippen molar-refractivity contribution in [1.29, 1.82) is 0 Å². The molecule has 0 heterocycles. The summed E-state index contributed by atoms with van der Waals surface area (Å²) in [4.78, 5) is 0. The van der Waals surface area contributed by atoms with Gasteiger partial charge in [0, 0.05) is 0 Å². The first kappa shape index (κ1) is 10.7. The Morgan fingerprint density at radius 3 is 2.18 bits per heavy atom. The Hall–Kier alpha value is -0.260. The fourth-order valence-corrected chi connectivity index (χ4v) is 1.31. The Kier molecular flexibility index (Phi) is 5.27. The maximum absolute atomic E-state index is 2.34. The predicted molar refractivity (Wildman–Crippen MR) is 52.7 cm³/mol. The Morgan fingerprint density at radius 1 is 1.27 bits per heavy atom. The lowest BCUT2D eigenvalue weighted by molar-refractivity contribution is 0.426. The monoisotopic (exact) mass is 154 g/mol. The van der Waals surface area contributed by atoms with E-state index in [1.807, 2.05) is 0 Å². The van der Waals surface area contributed by atoms with E-state index in [1.165, 1.54) is 12.8 Å². The molecule has 0 amide bonds. The lowest BCUT2D eigenvalue weighted by atomic mass is 9.87. The molecule has 66 valence electrons. The van der Waals surface area contributed by atoms with Crippen molar-refractivity contribution in [2.24, 2.45) is 11.8 Å². The standard InChI is InChI=1S/C11H22/c1-6-8-10(4)11(5)9(3)7-2/h8-9,11H,6-7H2,1-5H3. The van der Waals surface area contributed by atoms with Crippen molar-refractivity contribution in [3.05, 3.63) is 11.6 Å². The Morgan fingerprint density at radius 2 is 1.82 bits per heavy atom. The second-order valence-electron chi connectivity index (χ2n) is 3.53. The lowest BCUT2D eigenvalue weighted by Crippen LogP contribution is -2.07. The first-order valence-corrected chi connectivity index (χ1v) is 4.80. The zero-order valence-corrected chi connectivity index (χ0v) is 8.65. The molecule has 0 saturated carbocycles. The molecule has 0 rings (SSSR count).